The first-order valence-electron chi connectivity index (χ1n) is 7.78. The van der Waals surface area contributed by atoms with Gasteiger partial charge in [0, 0.05) is 11.7 Å². The highest BCUT2D eigenvalue weighted by molar-refractivity contribution is 8.00. The van der Waals surface area contributed by atoms with Gasteiger partial charge in [-0.05, 0) is 37.5 Å². The molecule has 0 aromatic heterocycles. The lowest BCUT2D eigenvalue weighted by molar-refractivity contribution is -0.151. The van der Waals surface area contributed by atoms with Crippen LogP contribution in [0.1, 0.15) is 45.4 Å². The number of carbonyl (C=O) groups excluding carboxylic acids is 1. The second-order valence-electron chi connectivity index (χ2n) is 6.46. The highest BCUT2D eigenvalue weighted by Crippen LogP contribution is 2.50. The monoisotopic (exact) mass is 297 g/mol. The Morgan fingerprint density at radius 2 is 2.10 bits per heavy atom. The summed E-state index contributed by atoms with van der Waals surface area (Å²) in [7, 11) is 0. The summed E-state index contributed by atoms with van der Waals surface area (Å²) < 4.78 is 0. The predicted octanol–water partition coefficient (Wildman–Crippen LogP) is 2.58. The minimum atomic E-state index is -0.840. The quantitative estimate of drug-likeness (QED) is 0.866. The Morgan fingerprint density at radius 1 is 1.30 bits per heavy atom. The van der Waals surface area contributed by atoms with Crippen LogP contribution in [0.4, 0.5) is 0 Å². The Morgan fingerprint density at radius 3 is 2.65 bits per heavy atom. The summed E-state index contributed by atoms with van der Waals surface area (Å²) >= 11 is 1.64. The second kappa shape index (κ2) is 5.58. The lowest BCUT2D eigenvalue weighted by Gasteiger charge is -2.32. The number of carboxylic acid groups (broad SMARTS) is 1. The summed E-state index contributed by atoms with van der Waals surface area (Å²) in [6.07, 6.45) is 6.51. The van der Waals surface area contributed by atoms with Crippen molar-refractivity contribution in [3.05, 3.63) is 0 Å². The predicted molar refractivity (Wildman–Crippen MR) is 78.4 cm³/mol. The lowest BCUT2D eigenvalue weighted by atomic mass is 9.87. The van der Waals surface area contributed by atoms with E-state index in [4.69, 9.17) is 0 Å². The molecule has 20 heavy (non-hydrogen) atoms. The van der Waals surface area contributed by atoms with Crippen molar-refractivity contribution in [3.63, 3.8) is 0 Å². The van der Waals surface area contributed by atoms with E-state index >= 15 is 0 Å². The van der Waals surface area contributed by atoms with Crippen LogP contribution in [-0.4, -0.2) is 39.1 Å². The number of nitrogens with zero attached hydrogens (tertiary/aromatic N) is 1. The maximum absolute atomic E-state index is 12.9. The van der Waals surface area contributed by atoms with Gasteiger partial charge < -0.3 is 10.0 Å². The Balaban J connectivity index is 1.77. The van der Waals surface area contributed by atoms with Gasteiger partial charge >= 0.3 is 5.97 Å². The topological polar surface area (TPSA) is 57.6 Å². The summed E-state index contributed by atoms with van der Waals surface area (Å²) in [6, 6.07) is -0.608. The number of hydrogen-bond donors (Lipinski definition) is 1. The number of fused-ring (bicyclic) bond motifs is 2. The molecule has 0 spiro atoms. The van der Waals surface area contributed by atoms with Crippen molar-refractivity contribution in [3.8, 4) is 0 Å². The van der Waals surface area contributed by atoms with Crippen LogP contribution >= 0.6 is 11.8 Å². The normalized spacial score (nSPS) is 39.5. The molecule has 3 rings (SSSR count). The molecule has 2 bridgehead atoms. The Hall–Kier alpha value is -0.710. The Bertz CT molecular complexity index is 414. The smallest absolute Gasteiger partial charge is 0.327 e. The van der Waals surface area contributed by atoms with E-state index in [0.717, 1.165) is 31.6 Å². The number of amides is 1. The van der Waals surface area contributed by atoms with E-state index in [9.17, 15) is 14.7 Å². The molecule has 4 nitrogen and oxygen atoms in total. The summed E-state index contributed by atoms with van der Waals surface area (Å²) in [6.45, 7) is 2.09. The zero-order valence-electron chi connectivity index (χ0n) is 12.0. The lowest BCUT2D eigenvalue weighted by Crippen LogP contribution is -2.49. The third kappa shape index (κ3) is 2.34. The minimum absolute atomic E-state index is 0.0766. The highest BCUT2D eigenvalue weighted by Gasteiger charge is 2.49. The fourth-order valence-corrected chi connectivity index (χ4v) is 5.78. The van der Waals surface area contributed by atoms with Crippen LogP contribution in [0, 0.1) is 17.8 Å². The molecule has 3 aliphatic rings. The van der Waals surface area contributed by atoms with Crippen molar-refractivity contribution in [1.82, 2.24) is 4.90 Å². The molecule has 0 radical (unpaired) electrons. The molecule has 0 aromatic carbocycles. The molecule has 1 heterocycles. The minimum Gasteiger partial charge on any atom is -0.480 e. The van der Waals surface area contributed by atoms with Crippen LogP contribution in [0.25, 0.3) is 0 Å². The molecular formula is C15H23NO3S. The van der Waals surface area contributed by atoms with Gasteiger partial charge in [-0.3, -0.25) is 4.79 Å². The molecule has 1 aliphatic heterocycles. The number of thioether (sulfide) groups is 1. The molecule has 5 heteroatoms. The number of rotatable bonds is 4. The van der Waals surface area contributed by atoms with Gasteiger partial charge in [0.15, 0.2) is 0 Å². The van der Waals surface area contributed by atoms with Gasteiger partial charge in [0.1, 0.15) is 6.04 Å². The molecule has 3 fully saturated rings. The van der Waals surface area contributed by atoms with Crippen molar-refractivity contribution < 1.29 is 14.7 Å². The SMILES string of the molecule is CCCC1SCC(C(=O)O)N1C(=O)C1CC2CCC1C2. The average Bonchev–Trinajstić information content (AvgIpc) is 3.12. The van der Waals surface area contributed by atoms with E-state index in [1.54, 1.807) is 16.7 Å². The number of carboxylic acids is 1. The molecular weight excluding hydrogens is 274 g/mol. The summed E-state index contributed by atoms with van der Waals surface area (Å²) in [5.41, 5.74) is 0. The van der Waals surface area contributed by atoms with Crippen LogP contribution in [0.5, 0.6) is 0 Å². The third-order valence-electron chi connectivity index (χ3n) is 5.22. The molecule has 2 saturated carbocycles. The summed E-state index contributed by atoms with van der Waals surface area (Å²) in [5, 5.41) is 9.46. The van der Waals surface area contributed by atoms with Crippen molar-refractivity contribution >= 4 is 23.6 Å². The Labute approximate surface area is 124 Å². The van der Waals surface area contributed by atoms with E-state index in [1.807, 2.05) is 0 Å². The molecule has 0 aromatic rings. The van der Waals surface area contributed by atoms with Gasteiger partial charge in [-0.2, -0.15) is 0 Å². The van der Waals surface area contributed by atoms with Gasteiger partial charge in [-0.15, -0.1) is 11.8 Å². The van der Waals surface area contributed by atoms with Crippen molar-refractivity contribution in [2.45, 2.75) is 56.9 Å². The van der Waals surface area contributed by atoms with Crippen molar-refractivity contribution in [2.75, 3.05) is 5.75 Å². The fraction of sp³-hybridized carbons (Fsp3) is 0.867. The van der Waals surface area contributed by atoms with E-state index in [1.165, 1.54) is 12.8 Å². The maximum Gasteiger partial charge on any atom is 0.327 e. The van der Waals surface area contributed by atoms with Crippen LogP contribution in [0.3, 0.4) is 0 Å². The van der Waals surface area contributed by atoms with Gasteiger partial charge in [-0.25, -0.2) is 4.79 Å². The molecule has 5 unspecified atom stereocenters. The van der Waals surface area contributed by atoms with Crippen molar-refractivity contribution in [2.24, 2.45) is 17.8 Å². The first kappa shape index (κ1) is 14.2. The van der Waals surface area contributed by atoms with E-state index < -0.39 is 12.0 Å². The fourth-order valence-electron chi connectivity index (χ4n) is 4.26. The van der Waals surface area contributed by atoms with Crippen LogP contribution in [-0.2, 0) is 9.59 Å². The van der Waals surface area contributed by atoms with Crippen LogP contribution in [0.15, 0.2) is 0 Å². The first-order valence-corrected chi connectivity index (χ1v) is 8.83. The Kier molecular flexibility index (Phi) is 3.98. The van der Waals surface area contributed by atoms with Crippen molar-refractivity contribution in [1.29, 1.82) is 0 Å². The number of aliphatic carboxylic acids is 1. The van der Waals surface area contributed by atoms with E-state index in [2.05, 4.69) is 6.92 Å². The number of hydrogen-bond acceptors (Lipinski definition) is 3. The standard InChI is InChI=1S/C15H23NO3S/c1-2-3-13-16(12(8-20-13)15(18)19)14(17)11-7-9-4-5-10(11)6-9/h9-13H,2-8H2,1H3,(H,18,19). The van der Waals surface area contributed by atoms with Crippen LogP contribution in [0.2, 0.25) is 0 Å². The second-order valence-corrected chi connectivity index (χ2v) is 7.67. The zero-order valence-corrected chi connectivity index (χ0v) is 12.8. The van der Waals surface area contributed by atoms with Gasteiger partial charge in [0.05, 0.1) is 5.37 Å². The summed E-state index contributed by atoms with van der Waals surface area (Å²) in [4.78, 5) is 26.0. The van der Waals surface area contributed by atoms with E-state index in [-0.39, 0.29) is 17.2 Å². The average molecular weight is 297 g/mol. The highest BCUT2D eigenvalue weighted by atomic mass is 32.2. The maximum atomic E-state index is 12.9. The molecule has 112 valence electrons. The first-order chi connectivity index (χ1) is 9.61. The van der Waals surface area contributed by atoms with Gasteiger partial charge in [-0.1, -0.05) is 19.8 Å². The third-order valence-corrected chi connectivity index (χ3v) is 6.58. The summed E-state index contributed by atoms with van der Waals surface area (Å²) in [5.74, 6) is 1.19. The van der Waals surface area contributed by atoms with Gasteiger partial charge in [0.2, 0.25) is 5.91 Å². The zero-order chi connectivity index (χ0) is 14.3. The largest absolute Gasteiger partial charge is 0.480 e. The molecule has 1 N–H and O–H groups in total. The van der Waals surface area contributed by atoms with E-state index in [0.29, 0.717) is 11.7 Å². The molecule has 1 amide bonds. The van der Waals surface area contributed by atoms with Gasteiger partial charge in [0.25, 0.3) is 0 Å². The molecule has 1 saturated heterocycles. The number of carbonyl (C=O) groups is 2. The molecule has 2 aliphatic carbocycles. The molecule has 5 atom stereocenters. The van der Waals surface area contributed by atoms with Crippen LogP contribution < -0.4 is 0 Å².